The van der Waals surface area contributed by atoms with E-state index in [1.807, 2.05) is 58.4 Å². The van der Waals surface area contributed by atoms with Gasteiger partial charge in [-0.05, 0) is 18.2 Å². The molecular weight excluding hydrogens is 326 g/mol. The second-order valence-corrected chi connectivity index (χ2v) is 6.34. The molecule has 110 valence electrons. The number of nitriles is 1. The molecule has 4 aromatic rings. The molecule has 0 atom stereocenters. The van der Waals surface area contributed by atoms with Crippen LogP contribution < -0.4 is 0 Å². The Morgan fingerprint density at radius 1 is 1.13 bits per heavy atom. The molecule has 0 spiro atoms. The molecule has 4 rings (SSSR count). The van der Waals surface area contributed by atoms with E-state index in [0.29, 0.717) is 10.6 Å². The molecule has 23 heavy (non-hydrogen) atoms. The molecule has 5 heteroatoms. The fourth-order valence-electron chi connectivity index (χ4n) is 2.58. The van der Waals surface area contributed by atoms with Crippen LogP contribution in [0.15, 0.2) is 60.1 Å². The Morgan fingerprint density at radius 3 is 2.83 bits per heavy atom. The summed E-state index contributed by atoms with van der Waals surface area (Å²) in [5, 5.41) is 11.8. The number of hydrogen-bond donors (Lipinski definition) is 0. The van der Waals surface area contributed by atoms with Crippen LogP contribution in [-0.4, -0.2) is 9.38 Å². The van der Waals surface area contributed by atoms with Crippen LogP contribution in [0.3, 0.4) is 0 Å². The van der Waals surface area contributed by atoms with Crippen LogP contribution in [0.4, 0.5) is 0 Å². The first-order chi connectivity index (χ1) is 11.3. The summed E-state index contributed by atoms with van der Waals surface area (Å²) in [7, 11) is 0. The molecule has 0 N–H and O–H groups in total. The Kier molecular flexibility index (Phi) is 3.38. The van der Waals surface area contributed by atoms with Crippen LogP contribution >= 0.6 is 22.9 Å². The highest BCUT2D eigenvalue weighted by Crippen LogP contribution is 2.35. The monoisotopic (exact) mass is 335 g/mol. The Labute approximate surface area is 142 Å². The predicted molar refractivity (Wildman–Crippen MR) is 93.7 cm³/mol. The van der Waals surface area contributed by atoms with Crippen molar-refractivity contribution in [1.82, 2.24) is 9.38 Å². The zero-order valence-corrected chi connectivity index (χ0v) is 13.5. The first-order valence-corrected chi connectivity index (χ1v) is 8.24. The minimum absolute atomic E-state index is 0.619. The number of thiazole rings is 1. The Bertz CT molecular complexity index is 1060. The predicted octanol–water partition coefficient (Wildman–Crippen LogP) is 5.25. The fraction of sp³-hybridized carbons (Fsp3) is 0. The number of aromatic nitrogens is 2. The summed E-state index contributed by atoms with van der Waals surface area (Å²) in [6.07, 6.45) is 1.99. The second-order valence-electron chi connectivity index (χ2n) is 5.03. The molecule has 0 amide bonds. The summed E-state index contributed by atoms with van der Waals surface area (Å²) < 4.78 is 2.04. The number of fused-ring (bicyclic) bond motifs is 1. The maximum Gasteiger partial charge on any atom is 0.145 e. The van der Waals surface area contributed by atoms with E-state index in [9.17, 15) is 0 Å². The number of hydrogen-bond acceptors (Lipinski definition) is 3. The van der Waals surface area contributed by atoms with Crippen LogP contribution in [0.5, 0.6) is 0 Å². The average molecular weight is 336 g/mol. The molecule has 0 aliphatic heterocycles. The van der Waals surface area contributed by atoms with Crippen molar-refractivity contribution in [3.63, 3.8) is 0 Å². The highest BCUT2D eigenvalue weighted by Gasteiger charge is 2.17. The summed E-state index contributed by atoms with van der Waals surface area (Å²) in [5.41, 5.74) is 3.31. The third-order valence-electron chi connectivity index (χ3n) is 3.64. The molecule has 0 fully saturated rings. The van der Waals surface area contributed by atoms with Crippen molar-refractivity contribution in [3.8, 4) is 28.7 Å². The second kappa shape index (κ2) is 5.54. The molecule has 0 aliphatic rings. The van der Waals surface area contributed by atoms with Crippen molar-refractivity contribution in [2.45, 2.75) is 0 Å². The smallest absolute Gasteiger partial charge is 0.145 e. The number of rotatable bonds is 2. The number of halogens is 1. The maximum atomic E-state index is 9.11. The maximum absolute atomic E-state index is 9.11. The van der Waals surface area contributed by atoms with Gasteiger partial charge >= 0.3 is 0 Å². The zero-order valence-electron chi connectivity index (χ0n) is 11.9. The van der Waals surface area contributed by atoms with Crippen molar-refractivity contribution < 1.29 is 0 Å². The topological polar surface area (TPSA) is 41.1 Å². The van der Waals surface area contributed by atoms with Crippen molar-refractivity contribution in [2.75, 3.05) is 0 Å². The highest BCUT2D eigenvalue weighted by molar-refractivity contribution is 7.16. The van der Waals surface area contributed by atoms with Crippen LogP contribution in [0.25, 0.3) is 27.5 Å². The fourth-order valence-corrected chi connectivity index (χ4v) is 3.65. The molecule has 0 unspecified atom stereocenters. The van der Waals surface area contributed by atoms with Crippen LogP contribution in [0.2, 0.25) is 5.02 Å². The normalized spacial score (nSPS) is 10.8. The molecule has 3 nitrogen and oxygen atoms in total. The van der Waals surface area contributed by atoms with Gasteiger partial charge in [0.15, 0.2) is 0 Å². The Morgan fingerprint density at radius 2 is 2.00 bits per heavy atom. The summed E-state index contributed by atoms with van der Waals surface area (Å²) in [6, 6.07) is 17.3. The van der Waals surface area contributed by atoms with Gasteiger partial charge in [-0.2, -0.15) is 5.26 Å². The van der Waals surface area contributed by atoms with Gasteiger partial charge in [0, 0.05) is 22.7 Å². The molecule has 0 saturated carbocycles. The van der Waals surface area contributed by atoms with E-state index >= 15 is 0 Å². The molecule has 0 bridgehead atoms. The molecule has 2 heterocycles. The van der Waals surface area contributed by atoms with E-state index < -0.39 is 0 Å². The van der Waals surface area contributed by atoms with Gasteiger partial charge in [-0.25, -0.2) is 4.98 Å². The van der Waals surface area contributed by atoms with Gasteiger partial charge in [-0.15, -0.1) is 11.3 Å². The van der Waals surface area contributed by atoms with Gasteiger partial charge < -0.3 is 0 Å². The third-order valence-corrected chi connectivity index (χ3v) is 4.84. The van der Waals surface area contributed by atoms with E-state index in [1.165, 1.54) is 0 Å². The van der Waals surface area contributed by atoms with Crippen LogP contribution in [0.1, 0.15) is 5.56 Å². The van der Waals surface area contributed by atoms with E-state index in [-0.39, 0.29) is 0 Å². The standard InChI is InChI=1S/C18H10ClN3S/c19-15-7-2-1-6-14(15)16-18-22(8-9-23-18)17(21-16)13-5-3-4-12(10-13)11-20/h1-10H. The van der Waals surface area contributed by atoms with Crippen molar-refractivity contribution in [2.24, 2.45) is 0 Å². The Hall–Kier alpha value is -2.61. The summed E-state index contributed by atoms with van der Waals surface area (Å²) in [5.74, 6) is 0.813. The number of imidazole rings is 1. The minimum Gasteiger partial charge on any atom is -0.290 e. The van der Waals surface area contributed by atoms with Crippen molar-refractivity contribution in [1.29, 1.82) is 5.26 Å². The van der Waals surface area contributed by atoms with E-state index in [1.54, 1.807) is 17.4 Å². The lowest BCUT2D eigenvalue weighted by Crippen LogP contribution is -1.86. The largest absolute Gasteiger partial charge is 0.290 e. The number of benzene rings is 2. The van der Waals surface area contributed by atoms with Crippen LogP contribution in [-0.2, 0) is 0 Å². The SMILES string of the molecule is N#Cc1cccc(-c2nc(-c3ccccc3Cl)c3sccn23)c1. The average Bonchev–Trinajstić information content (AvgIpc) is 3.18. The summed E-state index contributed by atoms with van der Waals surface area (Å²) >= 11 is 7.96. The first-order valence-electron chi connectivity index (χ1n) is 6.99. The summed E-state index contributed by atoms with van der Waals surface area (Å²) in [6.45, 7) is 0. The van der Waals surface area contributed by atoms with Crippen molar-refractivity contribution in [3.05, 3.63) is 70.7 Å². The lowest BCUT2D eigenvalue weighted by atomic mass is 10.1. The van der Waals surface area contributed by atoms with E-state index in [0.717, 1.165) is 27.5 Å². The molecular formula is C18H10ClN3S. The lowest BCUT2D eigenvalue weighted by Gasteiger charge is -2.00. The van der Waals surface area contributed by atoms with Crippen molar-refractivity contribution >= 4 is 27.8 Å². The third kappa shape index (κ3) is 2.31. The molecule has 0 aliphatic carbocycles. The van der Waals surface area contributed by atoms with Gasteiger partial charge in [0.25, 0.3) is 0 Å². The lowest BCUT2D eigenvalue weighted by molar-refractivity contribution is 1.18. The molecule has 2 aromatic carbocycles. The highest BCUT2D eigenvalue weighted by atomic mass is 35.5. The van der Waals surface area contributed by atoms with E-state index in [2.05, 4.69) is 6.07 Å². The van der Waals surface area contributed by atoms with Gasteiger partial charge in [0.2, 0.25) is 0 Å². The van der Waals surface area contributed by atoms with Gasteiger partial charge in [0.05, 0.1) is 16.7 Å². The zero-order chi connectivity index (χ0) is 15.8. The first kappa shape index (κ1) is 14.0. The Balaban J connectivity index is 1.98. The van der Waals surface area contributed by atoms with Gasteiger partial charge in [-0.3, -0.25) is 4.40 Å². The minimum atomic E-state index is 0.619. The molecule has 2 aromatic heterocycles. The number of nitrogens with zero attached hydrogens (tertiary/aromatic N) is 3. The van der Waals surface area contributed by atoms with E-state index in [4.69, 9.17) is 21.8 Å². The van der Waals surface area contributed by atoms with Crippen LogP contribution in [0, 0.1) is 11.3 Å². The quantitative estimate of drug-likeness (QED) is 0.501. The van der Waals surface area contributed by atoms with Gasteiger partial charge in [-0.1, -0.05) is 41.9 Å². The molecule has 0 radical (unpaired) electrons. The summed E-state index contributed by atoms with van der Waals surface area (Å²) in [4.78, 5) is 5.84. The van der Waals surface area contributed by atoms with Gasteiger partial charge in [0.1, 0.15) is 16.3 Å². The molecule has 0 saturated heterocycles.